The molecule has 5 nitrogen and oxygen atoms in total. The van der Waals surface area contributed by atoms with Gasteiger partial charge in [-0.25, -0.2) is 9.67 Å². The van der Waals surface area contributed by atoms with Crippen LogP contribution in [0.1, 0.15) is 58.1 Å². The average molecular weight is 314 g/mol. The molecule has 5 heteroatoms. The zero-order valence-corrected chi connectivity index (χ0v) is 14.3. The molecule has 0 bridgehead atoms. The largest absolute Gasteiger partial charge is 0.494 e. The minimum absolute atomic E-state index is 0.199. The molecule has 0 N–H and O–H groups in total. The van der Waals surface area contributed by atoms with Crippen molar-refractivity contribution in [3.05, 3.63) is 42.5 Å². The third-order valence-corrected chi connectivity index (χ3v) is 3.32. The van der Waals surface area contributed by atoms with Gasteiger partial charge < -0.3 is 4.74 Å². The number of nitrogens with zero attached hydrogens (tertiary/aromatic N) is 4. The molecule has 0 fully saturated rings. The van der Waals surface area contributed by atoms with Crippen LogP contribution in [0.4, 0.5) is 0 Å². The highest BCUT2D eigenvalue weighted by Crippen LogP contribution is 2.31. The predicted molar refractivity (Wildman–Crippen MR) is 91.2 cm³/mol. The molecule has 2 rings (SSSR count). The van der Waals surface area contributed by atoms with Crippen LogP contribution in [0.5, 0.6) is 5.75 Å². The van der Waals surface area contributed by atoms with Crippen LogP contribution in [0.15, 0.2) is 36.9 Å². The molecule has 0 aliphatic carbocycles. The van der Waals surface area contributed by atoms with Gasteiger partial charge in [0.1, 0.15) is 18.4 Å². The molecule has 0 aliphatic rings. The highest BCUT2D eigenvalue weighted by atomic mass is 16.5. The number of rotatable bonds is 7. The SMILES string of the molecule is CCC#N.CCCCC(c1ccccc1OCC)n1cncn1. The third-order valence-electron chi connectivity index (χ3n) is 3.32. The minimum Gasteiger partial charge on any atom is -0.494 e. The maximum absolute atomic E-state index is 7.62. The molecule has 1 aromatic heterocycles. The van der Waals surface area contributed by atoms with Crippen LogP contribution in [-0.2, 0) is 0 Å². The number of aromatic nitrogens is 3. The van der Waals surface area contributed by atoms with Crippen LogP contribution in [0.2, 0.25) is 0 Å². The number of unbranched alkanes of at least 4 members (excludes halogenated alkanes) is 1. The minimum atomic E-state index is 0.199. The zero-order valence-electron chi connectivity index (χ0n) is 14.3. The van der Waals surface area contributed by atoms with E-state index in [1.54, 1.807) is 12.7 Å². The lowest BCUT2D eigenvalue weighted by Crippen LogP contribution is -2.13. The summed E-state index contributed by atoms with van der Waals surface area (Å²) in [6, 6.07) is 10.3. The first-order chi connectivity index (χ1) is 11.3. The van der Waals surface area contributed by atoms with E-state index in [2.05, 4.69) is 23.1 Å². The third kappa shape index (κ3) is 6.11. The normalized spacial score (nSPS) is 11.0. The molecule has 0 spiro atoms. The van der Waals surface area contributed by atoms with Crippen molar-refractivity contribution in [2.75, 3.05) is 6.61 Å². The lowest BCUT2D eigenvalue weighted by molar-refractivity contribution is 0.328. The van der Waals surface area contributed by atoms with Crippen molar-refractivity contribution in [1.82, 2.24) is 14.8 Å². The highest BCUT2D eigenvalue weighted by molar-refractivity contribution is 5.36. The van der Waals surface area contributed by atoms with E-state index >= 15 is 0 Å². The van der Waals surface area contributed by atoms with Crippen LogP contribution < -0.4 is 4.74 Å². The Morgan fingerprint density at radius 3 is 2.57 bits per heavy atom. The van der Waals surface area contributed by atoms with Crippen LogP contribution in [0.25, 0.3) is 0 Å². The molecule has 2 aromatic rings. The summed E-state index contributed by atoms with van der Waals surface area (Å²) in [5, 5.41) is 11.9. The fourth-order valence-corrected chi connectivity index (χ4v) is 2.25. The lowest BCUT2D eigenvalue weighted by Gasteiger charge is -2.20. The van der Waals surface area contributed by atoms with E-state index < -0.39 is 0 Å². The first-order valence-electron chi connectivity index (χ1n) is 8.21. The van der Waals surface area contributed by atoms with E-state index in [0.717, 1.165) is 18.6 Å². The summed E-state index contributed by atoms with van der Waals surface area (Å²) < 4.78 is 7.66. The maximum atomic E-state index is 7.62. The molecule has 0 radical (unpaired) electrons. The van der Waals surface area contributed by atoms with Gasteiger partial charge in [0.2, 0.25) is 0 Å². The van der Waals surface area contributed by atoms with E-state index in [1.165, 1.54) is 12.0 Å². The number of nitriles is 1. The molecule has 0 amide bonds. The average Bonchev–Trinajstić information content (AvgIpc) is 3.11. The molecule has 1 unspecified atom stereocenters. The molecular weight excluding hydrogens is 288 g/mol. The van der Waals surface area contributed by atoms with E-state index in [9.17, 15) is 0 Å². The second-order valence-corrected chi connectivity index (χ2v) is 5.02. The first-order valence-corrected chi connectivity index (χ1v) is 8.21. The van der Waals surface area contributed by atoms with Crippen molar-refractivity contribution in [3.8, 4) is 11.8 Å². The van der Waals surface area contributed by atoms with Crippen molar-refractivity contribution >= 4 is 0 Å². The molecule has 1 aromatic carbocycles. The standard InChI is InChI=1S/C15H21N3O.C3H5N/c1-3-5-9-14(18-12-16-11-17-18)13-8-6-7-10-15(13)19-4-2;1-2-3-4/h6-8,10-12,14H,3-5,9H2,1-2H3;2H2,1H3. The van der Waals surface area contributed by atoms with Gasteiger partial charge in [-0.2, -0.15) is 10.4 Å². The van der Waals surface area contributed by atoms with Crippen molar-refractivity contribution in [2.24, 2.45) is 0 Å². The van der Waals surface area contributed by atoms with E-state index in [4.69, 9.17) is 10.00 Å². The van der Waals surface area contributed by atoms with Crippen molar-refractivity contribution in [2.45, 2.75) is 52.5 Å². The zero-order chi connectivity index (χ0) is 16.9. The Balaban J connectivity index is 0.000000593. The molecule has 0 saturated carbocycles. The van der Waals surface area contributed by atoms with Gasteiger partial charge in [0.15, 0.2) is 0 Å². The Morgan fingerprint density at radius 2 is 2.00 bits per heavy atom. The van der Waals surface area contributed by atoms with Gasteiger partial charge in [-0.05, 0) is 19.4 Å². The predicted octanol–water partition coefficient (Wildman–Crippen LogP) is 4.38. The van der Waals surface area contributed by atoms with E-state index in [-0.39, 0.29) is 6.04 Å². The summed E-state index contributed by atoms with van der Waals surface area (Å²) in [6.07, 6.45) is 7.36. The molecule has 23 heavy (non-hydrogen) atoms. The number of hydrogen-bond acceptors (Lipinski definition) is 4. The van der Waals surface area contributed by atoms with Crippen molar-refractivity contribution in [3.63, 3.8) is 0 Å². The van der Waals surface area contributed by atoms with Crippen molar-refractivity contribution in [1.29, 1.82) is 5.26 Å². The molecular formula is C18H26N4O. The Morgan fingerprint density at radius 1 is 1.26 bits per heavy atom. The summed E-state index contributed by atoms with van der Waals surface area (Å²) in [4.78, 5) is 4.06. The molecule has 1 atom stereocenters. The van der Waals surface area contributed by atoms with Gasteiger partial charge in [-0.15, -0.1) is 0 Å². The first kappa shape index (κ1) is 18.7. The number of benzene rings is 1. The highest BCUT2D eigenvalue weighted by Gasteiger charge is 2.18. The van der Waals surface area contributed by atoms with Crippen LogP contribution in [0.3, 0.4) is 0 Å². The maximum Gasteiger partial charge on any atom is 0.137 e. The lowest BCUT2D eigenvalue weighted by atomic mass is 10.0. The fraction of sp³-hybridized carbons (Fsp3) is 0.500. The number of hydrogen-bond donors (Lipinski definition) is 0. The Hall–Kier alpha value is -2.35. The van der Waals surface area contributed by atoms with Gasteiger partial charge >= 0.3 is 0 Å². The Bertz CT molecular complexity index is 575. The molecule has 124 valence electrons. The van der Waals surface area contributed by atoms with E-state index in [1.807, 2.05) is 42.8 Å². The smallest absolute Gasteiger partial charge is 0.137 e. The quantitative estimate of drug-likeness (QED) is 0.761. The van der Waals surface area contributed by atoms with Gasteiger partial charge in [0.25, 0.3) is 0 Å². The molecule has 0 saturated heterocycles. The second kappa shape index (κ2) is 11.2. The monoisotopic (exact) mass is 314 g/mol. The summed E-state index contributed by atoms with van der Waals surface area (Å²) in [5.41, 5.74) is 1.18. The number of ether oxygens (including phenoxy) is 1. The van der Waals surface area contributed by atoms with Crippen LogP contribution >= 0.6 is 0 Å². The van der Waals surface area contributed by atoms with Gasteiger partial charge in [0, 0.05) is 12.0 Å². The van der Waals surface area contributed by atoms with Gasteiger partial charge in [-0.1, -0.05) is 44.9 Å². The number of para-hydroxylation sites is 1. The summed E-state index contributed by atoms with van der Waals surface area (Å²) in [5.74, 6) is 0.946. The van der Waals surface area contributed by atoms with Crippen LogP contribution in [-0.4, -0.2) is 21.4 Å². The molecule has 1 heterocycles. The second-order valence-electron chi connectivity index (χ2n) is 5.02. The fourth-order valence-electron chi connectivity index (χ4n) is 2.25. The summed E-state index contributed by atoms with van der Waals surface area (Å²) in [7, 11) is 0. The topological polar surface area (TPSA) is 63.7 Å². The molecule has 0 aliphatic heterocycles. The van der Waals surface area contributed by atoms with Gasteiger partial charge in [0.05, 0.1) is 18.7 Å². The van der Waals surface area contributed by atoms with Crippen molar-refractivity contribution < 1.29 is 4.74 Å². The van der Waals surface area contributed by atoms with E-state index in [0.29, 0.717) is 13.0 Å². The summed E-state index contributed by atoms with van der Waals surface area (Å²) in [6.45, 7) is 6.70. The Labute approximate surface area is 138 Å². The summed E-state index contributed by atoms with van der Waals surface area (Å²) >= 11 is 0. The van der Waals surface area contributed by atoms with Gasteiger partial charge in [-0.3, -0.25) is 0 Å². The Kier molecular flexibility index (Phi) is 9.14. The van der Waals surface area contributed by atoms with Crippen LogP contribution in [0, 0.1) is 11.3 Å².